The second kappa shape index (κ2) is 47.7. The van der Waals surface area contributed by atoms with Crippen molar-refractivity contribution in [1.29, 1.82) is 0 Å². The molecule has 1 heterocycles. The summed E-state index contributed by atoms with van der Waals surface area (Å²) in [5.74, 6) is -20.1. The molecule has 1 aliphatic heterocycles. The zero-order valence-electron chi connectivity index (χ0n) is 61.8. The van der Waals surface area contributed by atoms with Crippen LogP contribution in [0.15, 0.2) is 54.6 Å². The van der Waals surface area contributed by atoms with E-state index >= 15 is 0 Å². The molecule has 0 unspecified atom stereocenters. The molecule has 0 aromatic heterocycles. The van der Waals surface area contributed by atoms with Crippen LogP contribution in [-0.4, -0.2) is 243 Å². The van der Waals surface area contributed by atoms with Crippen LogP contribution >= 0.6 is 0 Å². The minimum atomic E-state index is -1.90. The van der Waals surface area contributed by atoms with Gasteiger partial charge in [0.25, 0.3) is 0 Å². The van der Waals surface area contributed by atoms with E-state index in [1.807, 2.05) is 0 Å². The Kier molecular flexibility index (Phi) is 40.4. The number of aliphatic hydroxyl groups excluding tert-OH is 1. The zero-order valence-corrected chi connectivity index (χ0v) is 61.8. The Bertz CT molecular complexity index is 3460. The van der Waals surface area contributed by atoms with Crippen molar-refractivity contribution in [3.63, 3.8) is 0 Å². The number of amides is 14. The molecule has 39 nitrogen and oxygen atoms in total. The van der Waals surface area contributed by atoms with Gasteiger partial charge in [-0.2, -0.15) is 0 Å². The number of carbonyl (C=O) groups excluding carboxylic acids is 14. The van der Waals surface area contributed by atoms with Crippen molar-refractivity contribution in [3.8, 4) is 5.75 Å². The Morgan fingerprint density at radius 2 is 0.972 bits per heavy atom. The molecule has 3 rings (SSSR count). The summed E-state index contributed by atoms with van der Waals surface area (Å²) in [6.07, 6.45) is -1.08. The lowest BCUT2D eigenvalue weighted by Gasteiger charge is -2.30. The zero-order chi connectivity index (χ0) is 81.6. The number of aromatic hydroxyl groups is 1. The summed E-state index contributed by atoms with van der Waals surface area (Å²) in [5, 5.41) is 77.9. The molecule has 604 valence electrons. The van der Waals surface area contributed by atoms with Gasteiger partial charge in [0.15, 0.2) is 0 Å². The average molecular weight is 1540 g/mol. The Hall–Kier alpha value is -10.9. The third-order valence-electron chi connectivity index (χ3n) is 17.7. The van der Waals surface area contributed by atoms with Crippen LogP contribution in [-0.2, 0) is 94.3 Å². The summed E-state index contributed by atoms with van der Waals surface area (Å²) in [6.45, 7) is 5.33. The van der Waals surface area contributed by atoms with Crippen LogP contribution in [0.4, 0.5) is 0 Å². The molecule has 0 aliphatic carbocycles. The first kappa shape index (κ1) is 92.3. The van der Waals surface area contributed by atoms with Gasteiger partial charge in [-0.15, -0.1) is 0 Å². The van der Waals surface area contributed by atoms with E-state index in [4.69, 9.17) is 22.9 Å². The molecule has 0 bridgehead atoms. The van der Waals surface area contributed by atoms with Crippen LogP contribution in [0.2, 0.25) is 0 Å². The molecule has 1 saturated heterocycles. The van der Waals surface area contributed by atoms with Crippen LogP contribution < -0.4 is 86.7 Å². The highest BCUT2D eigenvalue weighted by Gasteiger charge is 2.41. The molecule has 1 fully saturated rings. The minimum absolute atomic E-state index is 0.0384. The van der Waals surface area contributed by atoms with Crippen LogP contribution in [0.3, 0.4) is 0 Å². The summed E-state index contributed by atoms with van der Waals surface area (Å²) in [7, 11) is 0. The van der Waals surface area contributed by atoms with Gasteiger partial charge >= 0.3 is 17.9 Å². The molecule has 2 aromatic carbocycles. The maximum atomic E-state index is 14.6. The Labute approximate surface area is 629 Å². The number of likely N-dealkylation sites (tertiary alicyclic amines) is 1. The van der Waals surface area contributed by atoms with E-state index in [1.165, 1.54) is 52.0 Å². The fraction of sp³-hybridized carbons (Fsp3) is 0.586. The van der Waals surface area contributed by atoms with Crippen molar-refractivity contribution in [2.24, 2.45) is 34.8 Å². The standard InChI is InChI=1S/C70H107N17O22/c1-6-38(4)58(69(108)80-46(25-27-55(94)95)64(103)81-47(61(100)76-35-56(96)97)31-40-15-8-7-9-16-40)86-66(105)49(33-52(74)90)83-68(107)57(37(2)3)85-65(104)48(32-41-20-22-42(89)23-21-41)82-63(102)45(24-26-54(92)93)78-53(91)34-75-67(106)51-19-14-30-87(51)70(109)50(36-88)84-59(98)39(5)77-62(101)44(18-11-13-29-72)79-60(99)43(73)17-10-12-28-71/h7-9,15-16,20-23,37-39,43-51,57-58,88-89H,6,10-14,17-19,24-36,71-73H2,1-5H3,(H2,74,90)(H,75,106)(H,76,100)(H,77,101)(H,78,91)(H,79,99)(H,80,108)(H,81,103)(H,82,102)(H,83,107)(H,84,98)(H,85,104)(H,86,105)(H,92,93)(H,94,95)(H,96,97)/t38-,39-,43-,44-,45-,46-,47-,48-,49-,50-,51-,57-,58-/m0/s1. The molecule has 109 heavy (non-hydrogen) atoms. The molecular formula is C70H107N17O22. The quantitative estimate of drug-likeness (QED) is 0.0274. The van der Waals surface area contributed by atoms with Crippen molar-refractivity contribution in [2.75, 3.05) is 39.3 Å². The molecule has 2 aromatic rings. The molecule has 0 spiro atoms. The Morgan fingerprint density at radius 1 is 0.495 bits per heavy atom. The molecule has 13 atom stereocenters. The number of rotatable bonds is 50. The van der Waals surface area contributed by atoms with Gasteiger partial charge in [-0.1, -0.05) is 83.0 Å². The number of hydrogen-bond donors (Lipinski definition) is 21. The Morgan fingerprint density at radius 3 is 1.51 bits per heavy atom. The van der Waals surface area contributed by atoms with E-state index in [1.54, 1.807) is 37.3 Å². The van der Waals surface area contributed by atoms with E-state index in [-0.39, 0.29) is 44.4 Å². The second-order valence-electron chi connectivity index (χ2n) is 26.8. The van der Waals surface area contributed by atoms with Gasteiger partial charge in [0.1, 0.15) is 78.8 Å². The summed E-state index contributed by atoms with van der Waals surface area (Å²) in [5.41, 5.74) is 23.6. The number of unbranched alkanes of at least 4 members (excludes halogenated alkanes) is 2. The van der Waals surface area contributed by atoms with Gasteiger partial charge in [-0.25, -0.2) is 0 Å². The fourth-order valence-corrected chi connectivity index (χ4v) is 11.3. The number of phenols is 1. The molecule has 14 amide bonds. The van der Waals surface area contributed by atoms with E-state index in [0.717, 1.165) is 4.90 Å². The van der Waals surface area contributed by atoms with Gasteiger partial charge in [0.2, 0.25) is 82.7 Å². The average Bonchev–Trinajstić information content (AvgIpc) is 1.80. The summed E-state index contributed by atoms with van der Waals surface area (Å²) in [4.78, 5) is 229. The summed E-state index contributed by atoms with van der Waals surface area (Å²) in [6, 6.07) is -4.60. The minimum Gasteiger partial charge on any atom is -0.508 e. The fourth-order valence-electron chi connectivity index (χ4n) is 11.3. The van der Waals surface area contributed by atoms with Gasteiger partial charge in [0, 0.05) is 32.2 Å². The van der Waals surface area contributed by atoms with E-state index in [0.29, 0.717) is 56.3 Å². The highest BCUT2D eigenvalue weighted by Crippen LogP contribution is 2.20. The SMILES string of the molecule is CC[C@H](C)[C@H](NC(=O)[C@H](CC(N)=O)NC(=O)[C@@H](NC(=O)[C@H](Cc1ccc(O)cc1)NC(=O)[C@H](CCC(=O)O)NC(=O)CNC(=O)[C@@H]1CCCN1C(=O)[C@H](CO)NC(=O)[C@H](C)NC(=O)[C@H](CCCCN)NC(=O)[C@@H](N)CCCCN)C(C)C)C(=O)N[C@@H](CCC(=O)O)C(=O)N[C@@H](Cc1ccccc1)C(=O)NCC(=O)O. The highest BCUT2D eigenvalue weighted by atomic mass is 16.4. The van der Waals surface area contributed by atoms with Gasteiger partial charge < -0.3 is 117 Å². The largest absolute Gasteiger partial charge is 0.508 e. The topological polar surface area (TPSA) is 643 Å². The second-order valence-corrected chi connectivity index (χ2v) is 26.8. The lowest BCUT2D eigenvalue weighted by atomic mass is 9.96. The lowest BCUT2D eigenvalue weighted by molar-refractivity contribution is -0.143. The number of phenolic OH excluding ortho intramolecular Hbond substituents is 1. The maximum Gasteiger partial charge on any atom is 0.322 e. The number of primary amides is 1. The Balaban J connectivity index is 1.83. The predicted octanol–water partition coefficient (Wildman–Crippen LogP) is -5.76. The van der Waals surface area contributed by atoms with Crippen LogP contribution in [0.1, 0.15) is 136 Å². The van der Waals surface area contributed by atoms with Crippen molar-refractivity contribution >= 4 is 101 Å². The third kappa shape index (κ3) is 33.0. The molecule has 25 N–H and O–H groups in total. The number of carboxylic acids is 3. The van der Waals surface area contributed by atoms with E-state index in [2.05, 4.69) is 63.8 Å². The molecule has 0 radical (unpaired) electrons. The number of nitrogens with two attached hydrogens (primary N) is 4. The van der Waals surface area contributed by atoms with E-state index in [9.17, 15) is 107 Å². The van der Waals surface area contributed by atoms with Crippen LogP contribution in [0.25, 0.3) is 0 Å². The smallest absolute Gasteiger partial charge is 0.322 e. The highest BCUT2D eigenvalue weighted by molar-refractivity contribution is 6.01. The number of carbonyl (C=O) groups is 17. The first-order valence-electron chi connectivity index (χ1n) is 35.9. The molecular weight excluding hydrogens is 1430 g/mol. The summed E-state index contributed by atoms with van der Waals surface area (Å²) >= 11 is 0. The number of nitrogens with one attached hydrogen (secondary N) is 12. The number of benzene rings is 2. The van der Waals surface area contributed by atoms with Gasteiger partial charge in [-0.3, -0.25) is 81.5 Å². The van der Waals surface area contributed by atoms with Crippen LogP contribution in [0, 0.1) is 11.8 Å². The molecule has 39 heteroatoms. The maximum absolute atomic E-state index is 14.6. The first-order chi connectivity index (χ1) is 51.5. The molecule has 1 aliphatic rings. The number of carboxylic acid groups (broad SMARTS) is 3. The lowest BCUT2D eigenvalue weighted by Crippen LogP contribution is -2.62. The van der Waals surface area contributed by atoms with Crippen molar-refractivity contribution < 1.29 is 107 Å². The third-order valence-corrected chi connectivity index (χ3v) is 17.7. The normalized spacial score (nSPS) is 15.8. The molecule has 0 saturated carbocycles. The van der Waals surface area contributed by atoms with Crippen molar-refractivity contribution in [2.45, 2.75) is 210 Å². The van der Waals surface area contributed by atoms with Crippen molar-refractivity contribution in [3.05, 3.63) is 65.7 Å². The van der Waals surface area contributed by atoms with E-state index < -0.39 is 243 Å². The summed E-state index contributed by atoms with van der Waals surface area (Å²) < 4.78 is 0. The number of aliphatic hydroxyl groups is 1. The number of aliphatic carboxylic acids is 3. The van der Waals surface area contributed by atoms with Gasteiger partial charge in [0.05, 0.1) is 25.6 Å². The van der Waals surface area contributed by atoms with Crippen molar-refractivity contribution in [1.82, 2.24) is 68.7 Å². The number of nitrogens with zero attached hydrogens (tertiary/aromatic N) is 1. The number of hydrogen-bond acceptors (Lipinski definition) is 22. The first-order valence-corrected chi connectivity index (χ1v) is 35.9. The van der Waals surface area contributed by atoms with Gasteiger partial charge in [-0.05, 0) is 113 Å². The van der Waals surface area contributed by atoms with Crippen LogP contribution in [0.5, 0.6) is 5.75 Å². The predicted molar refractivity (Wildman–Crippen MR) is 388 cm³/mol. The monoisotopic (exact) mass is 1540 g/mol.